The van der Waals surface area contributed by atoms with Gasteiger partial charge in [-0.2, -0.15) is 0 Å². The standard InChI is InChI=1S/C10H22N2O2S/c1-9-8-12(10(2)7-11-9)5-4-6-15(3,13)14/h9-11H,4-8H2,1-3H3. The Morgan fingerprint density at radius 2 is 2.07 bits per heavy atom. The maximum absolute atomic E-state index is 11.0. The fourth-order valence-corrected chi connectivity index (χ4v) is 2.59. The molecule has 1 N–H and O–H groups in total. The van der Waals surface area contributed by atoms with Crippen molar-refractivity contribution >= 4 is 9.84 Å². The molecule has 1 aliphatic rings. The highest BCUT2D eigenvalue weighted by Crippen LogP contribution is 2.07. The maximum atomic E-state index is 11.0. The molecule has 0 aromatic rings. The molecular formula is C10H22N2O2S. The third-order valence-corrected chi connectivity index (χ3v) is 3.88. The van der Waals surface area contributed by atoms with Crippen molar-refractivity contribution in [2.24, 2.45) is 0 Å². The molecule has 1 heterocycles. The van der Waals surface area contributed by atoms with Crippen LogP contribution in [0.15, 0.2) is 0 Å². The molecule has 1 rings (SSSR count). The van der Waals surface area contributed by atoms with Crippen molar-refractivity contribution in [3.63, 3.8) is 0 Å². The van der Waals surface area contributed by atoms with Crippen LogP contribution in [0.4, 0.5) is 0 Å². The molecule has 90 valence electrons. The molecule has 0 aromatic carbocycles. The molecule has 4 nitrogen and oxygen atoms in total. The van der Waals surface area contributed by atoms with Crippen molar-refractivity contribution in [3.05, 3.63) is 0 Å². The predicted octanol–water partition coefficient (Wildman–Crippen LogP) is 0.103. The van der Waals surface area contributed by atoms with Gasteiger partial charge >= 0.3 is 0 Å². The molecule has 0 aliphatic carbocycles. The van der Waals surface area contributed by atoms with E-state index in [1.54, 1.807) is 0 Å². The van der Waals surface area contributed by atoms with E-state index in [2.05, 4.69) is 24.1 Å². The van der Waals surface area contributed by atoms with Crippen molar-refractivity contribution in [2.75, 3.05) is 31.6 Å². The van der Waals surface area contributed by atoms with Crippen molar-refractivity contribution in [3.8, 4) is 0 Å². The van der Waals surface area contributed by atoms with E-state index >= 15 is 0 Å². The molecule has 0 amide bonds. The molecule has 1 saturated heterocycles. The maximum Gasteiger partial charge on any atom is 0.147 e. The molecule has 1 aliphatic heterocycles. The summed E-state index contributed by atoms with van der Waals surface area (Å²) in [5.74, 6) is 0.304. The molecule has 0 spiro atoms. The first-order chi connectivity index (χ1) is 6.88. The summed E-state index contributed by atoms with van der Waals surface area (Å²) in [6.07, 6.45) is 2.05. The van der Waals surface area contributed by atoms with E-state index < -0.39 is 9.84 Å². The molecule has 1 fully saturated rings. The normalized spacial score (nSPS) is 29.3. The van der Waals surface area contributed by atoms with E-state index in [-0.39, 0.29) is 0 Å². The highest BCUT2D eigenvalue weighted by Gasteiger charge is 2.21. The topological polar surface area (TPSA) is 49.4 Å². The largest absolute Gasteiger partial charge is 0.311 e. The van der Waals surface area contributed by atoms with Gasteiger partial charge in [0.1, 0.15) is 9.84 Å². The average Bonchev–Trinajstić information content (AvgIpc) is 2.09. The molecule has 15 heavy (non-hydrogen) atoms. The first-order valence-corrected chi connectivity index (χ1v) is 7.59. The third kappa shape index (κ3) is 4.95. The molecule has 0 saturated carbocycles. The van der Waals surface area contributed by atoms with E-state index in [9.17, 15) is 8.42 Å². The summed E-state index contributed by atoms with van der Waals surface area (Å²) in [5, 5.41) is 3.41. The number of nitrogens with zero attached hydrogens (tertiary/aromatic N) is 1. The van der Waals surface area contributed by atoms with Crippen LogP contribution >= 0.6 is 0 Å². The van der Waals surface area contributed by atoms with E-state index in [1.807, 2.05) is 0 Å². The van der Waals surface area contributed by atoms with Crippen LogP contribution in [0.3, 0.4) is 0 Å². The van der Waals surface area contributed by atoms with Gasteiger partial charge in [-0.15, -0.1) is 0 Å². The molecule has 0 aromatic heterocycles. The van der Waals surface area contributed by atoms with Gasteiger partial charge in [-0.25, -0.2) is 8.42 Å². The number of rotatable bonds is 4. The minimum Gasteiger partial charge on any atom is -0.311 e. The van der Waals surface area contributed by atoms with E-state index in [4.69, 9.17) is 0 Å². The molecule has 2 unspecified atom stereocenters. The monoisotopic (exact) mass is 234 g/mol. The Labute approximate surface area is 93.0 Å². The van der Waals surface area contributed by atoms with Gasteiger partial charge in [-0.05, 0) is 26.8 Å². The second-order valence-electron chi connectivity index (χ2n) is 4.64. The number of piperazine rings is 1. The Kier molecular flexibility index (Phi) is 4.55. The van der Waals surface area contributed by atoms with Crippen molar-refractivity contribution in [1.29, 1.82) is 0 Å². The summed E-state index contributed by atoms with van der Waals surface area (Å²) in [6.45, 7) is 7.25. The van der Waals surface area contributed by atoms with E-state index in [0.717, 1.165) is 26.1 Å². The summed E-state index contributed by atoms with van der Waals surface area (Å²) in [7, 11) is -2.80. The quantitative estimate of drug-likeness (QED) is 0.750. The highest BCUT2D eigenvalue weighted by molar-refractivity contribution is 7.90. The van der Waals surface area contributed by atoms with Crippen LogP contribution < -0.4 is 5.32 Å². The Bertz CT molecular complexity index is 290. The highest BCUT2D eigenvalue weighted by atomic mass is 32.2. The second-order valence-corrected chi connectivity index (χ2v) is 6.90. The number of hydrogen-bond acceptors (Lipinski definition) is 4. The summed E-state index contributed by atoms with van der Waals surface area (Å²) in [6, 6.07) is 1.03. The van der Waals surface area contributed by atoms with Crippen LogP contribution in [-0.4, -0.2) is 57.0 Å². The number of sulfone groups is 1. The van der Waals surface area contributed by atoms with Crippen LogP contribution in [0.2, 0.25) is 0 Å². The summed E-state index contributed by atoms with van der Waals surface area (Å²) in [4.78, 5) is 2.37. The minimum absolute atomic E-state index is 0.304. The first-order valence-electron chi connectivity index (χ1n) is 5.53. The Hall–Kier alpha value is -0.130. The zero-order valence-corrected chi connectivity index (χ0v) is 10.7. The zero-order chi connectivity index (χ0) is 11.5. The minimum atomic E-state index is -2.80. The fourth-order valence-electron chi connectivity index (χ4n) is 1.94. The summed E-state index contributed by atoms with van der Waals surface area (Å²) in [5.41, 5.74) is 0. The predicted molar refractivity (Wildman–Crippen MR) is 62.8 cm³/mol. The van der Waals surface area contributed by atoms with Crippen molar-refractivity contribution in [2.45, 2.75) is 32.4 Å². The van der Waals surface area contributed by atoms with Gasteiger partial charge in [-0.1, -0.05) is 0 Å². The fraction of sp³-hybridized carbons (Fsp3) is 1.00. The molecule has 0 radical (unpaired) electrons. The number of nitrogens with one attached hydrogen (secondary N) is 1. The van der Waals surface area contributed by atoms with Gasteiger partial charge in [0.2, 0.25) is 0 Å². The molecule has 2 atom stereocenters. The van der Waals surface area contributed by atoms with Crippen molar-refractivity contribution in [1.82, 2.24) is 10.2 Å². The first kappa shape index (κ1) is 12.9. The van der Waals surface area contributed by atoms with Crippen molar-refractivity contribution < 1.29 is 8.42 Å². The van der Waals surface area contributed by atoms with Gasteiger partial charge in [0.05, 0.1) is 5.75 Å². The molecule has 0 bridgehead atoms. The third-order valence-electron chi connectivity index (χ3n) is 2.85. The molecular weight excluding hydrogens is 212 g/mol. The summed E-state index contributed by atoms with van der Waals surface area (Å²) < 4.78 is 22.0. The van der Waals surface area contributed by atoms with E-state index in [0.29, 0.717) is 17.8 Å². The number of hydrogen-bond donors (Lipinski definition) is 1. The lowest BCUT2D eigenvalue weighted by Gasteiger charge is -2.37. The Morgan fingerprint density at radius 1 is 1.40 bits per heavy atom. The SMILES string of the molecule is CC1CN(CCCS(C)(=O)=O)C(C)CN1. The average molecular weight is 234 g/mol. The van der Waals surface area contributed by atoms with E-state index in [1.165, 1.54) is 6.26 Å². The molecule has 5 heteroatoms. The lowest BCUT2D eigenvalue weighted by molar-refractivity contribution is 0.147. The van der Waals surface area contributed by atoms with Gasteiger partial charge in [0.15, 0.2) is 0 Å². The van der Waals surface area contributed by atoms with Gasteiger partial charge in [0.25, 0.3) is 0 Å². The van der Waals surface area contributed by atoms with Crippen LogP contribution in [0.5, 0.6) is 0 Å². The summed E-state index contributed by atoms with van der Waals surface area (Å²) >= 11 is 0. The van der Waals surface area contributed by atoms with Crippen LogP contribution in [0.1, 0.15) is 20.3 Å². The second kappa shape index (κ2) is 5.27. The van der Waals surface area contributed by atoms with Gasteiger partial charge in [-0.3, -0.25) is 4.90 Å². The van der Waals surface area contributed by atoms with Gasteiger partial charge < -0.3 is 5.32 Å². The van der Waals surface area contributed by atoms with Gasteiger partial charge in [0, 0.05) is 31.4 Å². The smallest absolute Gasteiger partial charge is 0.147 e. The lowest BCUT2D eigenvalue weighted by atomic mass is 10.1. The Morgan fingerprint density at radius 3 is 2.67 bits per heavy atom. The Balaban J connectivity index is 2.30. The zero-order valence-electron chi connectivity index (χ0n) is 9.86. The van der Waals surface area contributed by atoms with Crippen LogP contribution in [0.25, 0.3) is 0 Å². The van der Waals surface area contributed by atoms with Crippen LogP contribution in [0, 0.1) is 0 Å². The lowest BCUT2D eigenvalue weighted by Crippen LogP contribution is -2.54. The van der Waals surface area contributed by atoms with Crippen LogP contribution in [-0.2, 0) is 9.84 Å².